The minimum Gasteiger partial charge on any atom is -0.457 e. The molecule has 0 bridgehead atoms. The summed E-state index contributed by atoms with van der Waals surface area (Å²) >= 11 is 0. The van der Waals surface area contributed by atoms with Crippen molar-refractivity contribution >= 4 is 13.8 Å². The number of hydrogen-bond acceptors (Lipinski definition) is 7. The molecule has 4 N–H and O–H groups in total. The number of hydrogen-bond donors (Lipinski definition) is 3. The van der Waals surface area contributed by atoms with Crippen LogP contribution in [0.1, 0.15) is 84.0 Å². The van der Waals surface area contributed by atoms with Gasteiger partial charge in [-0.1, -0.05) is 75.5 Å². The zero-order valence-corrected chi connectivity index (χ0v) is 21.7. The van der Waals surface area contributed by atoms with Gasteiger partial charge in [0.1, 0.15) is 6.10 Å². The van der Waals surface area contributed by atoms with Gasteiger partial charge >= 0.3 is 13.8 Å². The van der Waals surface area contributed by atoms with E-state index in [0.717, 1.165) is 19.3 Å². The number of nitrogens with two attached hydrogens (primary N) is 1. The fourth-order valence-electron chi connectivity index (χ4n) is 2.94. The van der Waals surface area contributed by atoms with Crippen LogP contribution in [0.15, 0.2) is 36.5 Å². The van der Waals surface area contributed by atoms with Gasteiger partial charge in [-0.3, -0.25) is 13.8 Å². The first kappa shape index (κ1) is 32.7. The number of allylic oxidation sites excluding steroid dienone is 6. The van der Waals surface area contributed by atoms with Crippen molar-refractivity contribution in [2.24, 2.45) is 5.73 Å². The van der Waals surface area contributed by atoms with Gasteiger partial charge in [0.25, 0.3) is 0 Å². The number of phosphoric acid groups is 1. The summed E-state index contributed by atoms with van der Waals surface area (Å²) in [6.07, 6.45) is 24.3. The normalized spacial score (nSPS) is 14.8. The molecule has 0 aliphatic rings. The summed E-state index contributed by atoms with van der Waals surface area (Å²) in [4.78, 5) is 21.3. The fraction of sp³-hybridized carbons (Fsp3) is 0.720. The molecule has 9 heteroatoms. The Balaban J connectivity index is 3.77. The molecule has 0 aromatic heterocycles. The molecule has 0 aliphatic heterocycles. The predicted octanol–water partition coefficient (Wildman–Crippen LogP) is 5.35. The van der Waals surface area contributed by atoms with Crippen molar-refractivity contribution in [3.63, 3.8) is 0 Å². The Labute approximate surface area is 205 Å². The molecule has 0 radical (unpaired) electrons. The van der Waals surface area contributed by atoms with Gasteiger partial charge in [-0.25, -0.2) is 4.57 Å². The molecule has 2 unspecified atom stereocenters. The largest absolute Gasteiger partial charge is 0.472 e. The molecule has 0 fully saturated rings. The van der Waals surface area contributed by atoms with Crippen molar-refractivity contribution in [1.29, 1.82) is 0 Å². The molecule has 0 amide bonds. The maximum absolute atomic E-state index is 11.9. The van der Waals surface area contributed by atoms with Crippen LogP contribution in [0, 0.1) is 0 Å². The maximum atomic E-state index is 11.9. The molecule has 0 heterocycles. The van der Waals surface area contributed by atoms with Gasteiger partial charge in [0.05, 0.1) is 19.8 Å². The van der Waals surface area contributed by atoms with Gasteiger partial charge in [0, 0.05) is 13.0 Å². The number of carbonyl (C=O) groups excluding carboxylic acids is 1. The van der Waals surface area contributed by atoms with Crippen LogP contribution in [0.3, 0.4) is 0 Å². The van der Waals surface area contributed by atoms with Crippen LogP contribution in [-0.4, -0.2) is 48.4 Å². The molecule has 34 heavy (non-hydrogen) atoms. The second kappa shape index (κ2) is 23.5. The van der Waals surface area contributed by atoms with E-state index >= 15 is 0 Å². The van der Waals surface area contributed by atoms with Gasteiger partial charge in [0.2, 0.25) is 0 Å². The molecule has 0 spiro atoms. The van der Waals surface area contributed by atoms with Gasteiger partial charge in [-0.15, -0.1) is 0 Å². The number of rotatable bonds is 23. The highest BCUT2D eigenvalue weighted by Crippen LogP contribution is 2.42. The summed E-state index contributed by atoms with van der Waals surface area (Å²) in [5.41, 5.74) is 5.19. The average molecular weight is 504 g/mol. The van der Waals surface area contributed by atoms with E-state index in [9.17, 15) is 19.4 Å². The number of aliphatic hydroxyl groups excluding tert-OH is 1. The second-order valence-corrected chi connectivity index (χ2v) is 9.47. The Bertz CT molecular complexity index is 622. The van der Waals surface area contributed by atoms with Crippen LogP contribution < -0.4 is 5.73 Å². The first-order chi connectivity index (χ1) is 16.4. The fourth-order valence-corrected chi connectivity index (χ4v) is 3.70. The Hall–Kier alpha value is -1.28. The lowest BCUT2D eigenvalue weighted by Crippen LogP contribution is -2.27. The molecule has 0 aromatic carbocycles. The van der Waals surface area contributed by atoms with Crippen molar-refractivity contribution in [2.45, 2.75) is 90.1 Å². The van der Waals surface area contributed by atoms with Gasteiger partial charge in [0.15, 0.2) is 0 Å². The van der Waals surface area contributed by atoms with Crippen LogP contribution in [-0.2, 0) is 23.1 Å². The molecule has 0 rings (SSSR count). The summed E-state index contributed by atoms with van der Waals surface area (Å²) in [5, 5.41) is 9.26. The highest BCUT2D eigenvalue weighted by Gasteiger charge is 2.24. The zero-order valence-electron chi connectivity index (χ0n) is 20.8. The number of unbranched alkanes of at least 4 members (excludes halogenated alkanes) is 7. The number of carbonyl (C=O) groups is 1. The first-order valence-electron chi connectivity index (χ1n) is 12.5. The number of ether oxygens (including phenoxy) is 1. The lowest BCUT2D eigenvalue weighted by molar-refractivity contribution is -0.153. The van der Waals surface area contributed by atoms with Crippen LogP contribution in [0.4, 0.5) is 0 Å². The predicted molar refractivity (Wildman–Crippen MR) is 136 cm³/mol. The third-order valence-corrected chi connectivity index (χ3v) is 5.80. The van der Waals surface area contributed by atoms with E-state index in [0.29, 0.717) is 6.42 Å². The topological polar surface area (TPSA) is 128 Å². The third-order valence-electron chi connectivity index (χ3n) is 4.82. The molecule has 0 saturated carbocycles. The molecule has 0 aliphatic carbocycles. The van der Waals surface area contributed by atoms with Crippen molar-refractivity contribution in [3.05, 3.63) is 36.5 Å². The molecular formula is C25H46NO7P. The second-order valence-electron chi connectivity index (χ2n) is 8.01. The summed E-state index contributed by atoms with van der Waals surface area (Å²) in [6.45, 7) is 1.19. The smallest absolute Gasteiger partial charge is 0.457 e. The third kappa shape index (κ3) is 22.5. The van der Waals surface area contributed by atoms with Crippen LogP contribution in [0.5, 0.6) is 0 Å². The highest BCUT2D eigenvalue weighted by molar-refractivity contribution is 7.47. The van der Waals surface area contributed by atoms with E-state index in [-0.39, 0.29) is 19.6 Å². The minimum absolute atomic E-state index is 0.0633. The number of aliphatic hydroxyl groups is 1. The number of phosphoric ester groups is 1. The molecule has 198 valence electrons. The van der Waals surface area contributed by atoms with E-state index in [2.05, 4.69) is 41.8 Å². The van der Waals surface area contributed by atoms with Crippen LogP contribution in [0.25, 0.3) is 0 Å². The molecular weight excluding hydrogens is 457 g/mol. The summed E-state index contributed by atoms with van der Waals surface area (Å²) in [7, 11) is -4.28. The van der Waals surface area contributed by atoms with Crippen molar-refractivity contribution in [3.8, 4) is 0 Å². The van der Waals surface area contributed by atoms with Crippen LogP contribution in [0.2, 0.25) is 0 Å². The van der Waals surface area contributed by atoms with Crippen molar-refractivity contribution in [1.82, 2.24) is 0 Å². The van der Waals surface area contributed by atoms with Gasteiger partial charge in [-0.2, -0.15) is 0 Å². The van der Waals surface area contributed by atoms with Crippen molar-refractivity contribution in [2.75, 3.05) is 26.4 Å². The lowest BCUT2D eigenvalue weighted by Gasteiger charge is -2.17. The summed E-state index contributed by atoms with van der Waals surface area (Å²) in [6, 6.07) is 0. The van der Waals surface area contributed by atoms with E-state index in [1.165, 1.54) is 44.9 Å². The van der Waals surface area contributed by atoms with Gasteiger partial charge in [-0.05, 0) is 38.5 Å². The first-order valence-corrected chi connectivity index (χ1v) is 14.0. The van der Waals surface area contributed by atoms with E-state index < -0.39 is 33.1 Å². The summed E-state index contributed by atoms with van der Waals surface area (Å²) in [5.74, 6) is -0.501. The van der Waals surface area contributed by atoms with Crippen LogP contribution >= 0.6 is 7.82 Å². The lowest BCUT2D eigenvalue weighted by atomic mass is 10.1. The Morgan fingerprint density at radius 3 is 2.12 bits per heavy atom. The van der Waals surface area contributed by atoms with E-state index in [4.69, 9.17) is 15.0 Å². The monoisotopic (exact) mass is 503 g/mol. The Morgan fingerprint density at radius 1 is 0.912 bits per heavy atom. The molecule has 0 aromatic rings. The Kier molecular flexibility index (Phi) is 22.6. The SMILES string of the molecule is CCCCCCCCC=CCC=CCC=CCCCC(=O)OC(CO)COP(=O)(O)OCCN. The number of esters is 1. The molecule has 0 saturated heterocycles. The summed E-state index contributed by atoms with van der Waals surface area (Å²) < 4.78 is 25.9. The molecule has 2 atom stereocenters. The quantitative estimate of drug-likeness (QED) is 0.0736. The molecule has 8 nitrogen and oxygen atoms in total. The highest BCUT2D eigenvalue weighted by atomic mass is 31.2. The van der Waals surface area contributed by atoms with Gasteiger partial charge < -0.3 is 20.5 Å². The van der Waals surface area contributed by atoms with Crippen molar-refractivity contribution < 1.29 is 33.1 Å². The average Bonchev–Trinajstić information content (AvgIpc) is 2.82. The van der Waals surface area contributed by atoms with E-state index in [1.807, 2.05) is 6.08 Å². The zero-order chi connectivity index (χ0) is 25.3. The maximum Gasteiger partial charge on any atom is 0.472 e. The standard InChI is InChI=1S/C25H46NO7P/c1-2-3-4-5-6-7-8-9-10-11-12-13-14-15-16-17-18-19-25(28)33-24(22-27)23-32-34(29,30)31-21-20-26/h9-10,12-13,15-16,24,27H,2-8,11,14,17-23,26H2,1H3,(H,29,30). The Morgan fingerprint density at radius 2 is 1.50 bits per heavy atom. The minimum atomic E-state index is -4.28. The van der Waals surface area contributed by atoms with E-state index in [1.54, 1.807) is 0 Å².